The van der Waals surface area contributed by atoms with Crippen LogP contribution in [0.5, 0.6) is 0 Å². The molecule has 3 amide bonds. The first kappa shape index (κ1) is 20.9. The van der Waals surface area contributed by atoms with Crippen molar-refractivity contribution < 1.29 is 19.1 Å². The van der Waals surface area contributed by atoms with Gasteiger partial charge >= 0.3 is 0 Å². The molecule has 29 heavy (non-hydrogen) atoms. The van der Waals surface area contributed by atoms with Crippen LogP contribution in [0.15, 0.2) is 24.3 Å². The molecule has 10 heteroatoms. The van der Waals surface area contributed by atoms with Crippen LogP contribution in [0.3, 0.4) is 0 Å². The average molecular weight is 417 g/mol. The molecule has 3 rings (SSSR count). The Bertz CT molecular complexity index is 896. The van der Waals surface area contributed by atoms with E-state index in [1.54, 1.807) is 36.3 Å². The van der Waals surface area contributed by atoms with Gasteiger partial charge in [0, 0.05) is 37.4 Å². The molecule has 0 aliphatic carbocycles. The normalized spacial score (nSPS) is 16.3. The number of nitrogens with zero attached hydrogens (tertiary/aromatic N) is 3. The second kappa shape index (κ2) is 9.10. The minimum atomic E-state index is -0.369. The Hall–Kier alpha value is -2.85. The molecular weight excluding hydrogens is 394 g/mol. The second-order valence-corrected chi connectivity index (χ2v) is 8.06. The van der Waals surface area contributed by atoms with E-state index < -0.39 is 0 Å². The highest BCUT2D eigenvalue weighted by Crippen LogP contribution is 2.22. The molecule has 1 fully saturated rings. The lowest BCUT2D eigenvalue weighted by atomic mass is 10.1. The number of ether oxygens (including phenoxy) is 1. The summed E-state index contributed by atoms with van der Waals surface area (Å²) in [5.41, 5.74) is 0.994. The first-order chi connectivity index (χ1) is 13.9. The molecule has 2 aromatic rings. The summed E-state index contributed by atoms with van der Waals surface area (Å²) < 4.78 is 4.98. The van der Waals surface area contributed by atoms with Crippen molar-refractivity contribution in [2.24, 2.45) is 5.92 Å². The van der Waals surface area contributed by atoms with Crippen molar-refractivity contribution >= 4 is 39.9 Å². The summed E-state index contributed by atoms with van der Waals surface area (Å²) in [4.78, 5) is 38.5. The van der Waals surface area contributed by atoms with Gasteiger partial charge in [-0.1, -0.05) is 11.3 Å². The quantitative estimate of drug-likeness (QED) is 0.713. The van der Waals surface area contributed by atoms with Crippen molar-refractivity contribution in [3.05, 3.63) is 34.8 Å². The zero-order valence-corrected chi connectivity index (χ0v) is 17.3. The topological polar surface area (TPSA) is 114 Å². The lowest BCUT2D eigenvalue weighted by molar-refractivity contribution is -0.129. The van der Waals surface area contributed by atoms with Gasteiger partial charge in [-0.25, -0.2) is 0 Å². The molecule has 1 unspecified atom stereocenters. The van der Waals surface area contributed by atoms with E-state index in [1.807, 2.05) is 13.8 Å². The lowest BCUT2D eigenvalue weighted by Crippen LogP contribution is -2.33. The van der Waals surface area contributed by atoms with Gasteiger partial charge in [-0.2, -0.15) is 0 Å². The predicted molar refractivity (Wildman–Crippen MR) is 109 cm³/mol. The Morgan fingerprint density at radius 2 is 1.97 bits per heavy atom. The molecule has 1 aliphatic heterocycles. The van der Waals surface area contributed by atoms with Gasteiger partial charge in [0.05, 0.1) is 5.92 Å². The van der Waals surface area contributed by atoms with E-state index in [-0.39, 0.29) is 36.1 Å². The van der Waals surface area contributed by atoms with Crippen LogP contribution in [0.2, 0.25) is 0 Å². The summed E-state index contributed by atoms with van der Waals surface area (Å²) in [5, 5.41) is 14.4. The van der Waals surface area contributed by atoms with Crippen LogP contribution in [0.25, 0.3) is 0 Å². The van der Waals surface area contributed by atoms with Crippen molar-refractivity contribution in [2.45, 2.75) is 32.9 Å². The standard InChI is InChI=1S/C19H23N5O4S/c1-11(2)24-9-13(8-16(24)25)18(27)20-14-6-4-12(5-7-14)17(26)21-19-23-22-15(29-19)10-28-3/h4-7,11,13H,8-10H2,1-3H3,(H,20,27)(H,21,23,26). The number of benzene rings is 1. The van der Waals surface area contributed by atoms with Crippen LogP contribution in [0, 0.1) is 5.92 Å². The molecule has 2 N–H and O–H groups in total. The number of anilines is 2. The number of carbonyl (C=O) groups is 3. The monoisotopic (exact) mass is 417 g/mol. The highest BCUT2D eigenvalue weighted by atomic mass is 32.1. The first-order valence-corrected chi connectivity index (χ1v) is 10.0. The Kier molecular flexibility index (Phi) is 6.55. The van der Waals surface area contributed by atoms with E-state index in [1.165, 1.54) is 11.3 Å². The fourth-order valence-electron chi connectivity index (χ4n) is 3.01. The Morgan fingerprint density at radius 1 is 1.24 bits per heavy atom. The Balaban J connectivity index is 1.56. The number of nitrogens with one attached hydrogen (secondary N) is 2. The number of amides is 3. The third kappa shape index (κ3) is 5.15. The van der Waals surface area contributed by atoms with E-state index in [2.05, 4.69) is 20.8 Å². The van der Waals surface area contributed by atoms with E-state index in [4.69, 9.17) is 4.74 Å². The summed E-state index contributed by atoms with van der Waals surface area (Å²) in [5.74, 6) is -0.890. The lowest BCUT2D eigenvalue weighted by Gasteiger charge is -2.20. The van der Waals surface area contributed by atoms with Crippen molar-refractivity contribution in [1.29, 1.82) is 0 Å². The van der Waals surface area contributed by atoms with Crippen LogP contribution in [-0.2, 0) is 20.9 Å². The minimum absolute atomic E-state index is 0.00231. The fraction of sp³-hybridized carbons (Fsp3) is 0.421. The molecule has 1 saturated heterocycles. The molecule has 2 heterocycles. The van der Waals surface area contributed by atoms with Crippen LogP contribution < -0.4 is 10.6 Å². The average Bonchev–Trinajstić information content (AvgIpc) is 3.29. The largest absolute Gasteiger partial charge is 0.377 e. The summed E-state index contributed by atoms with van der Waals surface area (Å²) in [6, 6.07) is 6.61. The molecule has 1 atom stereocenters. The van der Waals surface area contributed by atoms with Gasteiger partial charge in [-0.3, -0.25) is 19.7 Å². The number of likely N-dealkylation sites (tertiary alicyclic amines) is 1. The first-order valence-electron chi connectivity index (χ1n) is 9.20. The van der Waals surface area contributed by atoms with Gasteiger partial charge in [-0.05, 0) is 38.1 Å². The van der Waals surface area contributed by atoms with Gasteiger partial charge < -0.3 is 15.0 Å². The molecule has 0 saturated carbocycles. The van der Waals surface area contributed by atoms with E-state index in [0.29, 0.717) is 34.5 Å². The molecule has 1 aromatic carbocycles. The third-order valence-corrected chi connectivity index (χ3v) is 5.33. The molecule has 0 radical (unpaired) electrons. The molecule has 1 aliphatic rings. The van der Waals surface area contributed by atoms with Crippen molar-refractivity contribution in [3.8, 4) is 0 Å². The molecule has 1 aromatic heterocycles. The van der Waals surface area contributed by atoms with Gasteiger partial charge in [0.15, 0.2) is 0 Å². The van der Waals surface area contributed by atoms with Gasteiger partial charge in [-0.15, -0.1) is 10.2 Å². The van der Waals surface area contributed by atoms with Crippen LogP contribution in [0.4, 0.5) is 10.8 Å². The highest BCUT2D eigenvalue weighted by Gasteiger charge is 2.35. The molecule has 9 nitrogen and oxygen atoms in total. The second-order valence-electron chi connectivity index (χ2n) is 7.00. The maximum Gasteiger partial charge on any atom is 0.257 e. The number of methoxy groups -OCH3 is 1. The van der Waals surface area contributed by atoms with E-state index in [0.717, 1.165) is 0 Å². The molecule has 154 valence electrons. The smallest absolute Gasteiger partial charge is 0.257 e. The number of hydrogen-bond acceptors (Lipinski definition) is 7. The zero-order valence-electron chi connectivity index (χ0n) is 16.5. The highest BCUT2D eigenvalue weighted by molar-refractivity contribution is 7.15. The van der Waals surface area contributed by atoms with Crippen molar-refractivity contribution in [3.63, 3.8) is 0 Å². The predicted octanol–water partition coefficient (Wildman–Crippen LogP) is 2.13. The maximum atomic E-state index is 12.5. The summed E-state index contributed by atoms with van der Waals surface area (Å²) in [6.07, 6.45) is 0.220. The maximum absolute atomic E-state index is 12.5. The van der Waals surface area contributed by atoms with E-state index in [9.17, 15) is 14.4 Å². The Labute approximate surface area is 172 Å². The number of hydrogen-bond donors (Lipinski definition) is 2. The number of carbonyl (C=O) groups excluding carboxylic acids is 3. The summed E-state index contributed by atoms with van der Waals surface area (Å²) in [6.45, 7) is 4.63. The van der Waals surface area contributed by atoms with Crippen molar-refractivity contribution in [2.75, 3.05) is 24.3 Å². The molecule has 0 bridgehead atoms. The number of rotatable bonds is 7. The third-order valence-electron chi connectivity index (χ3n) is 4.52. The van der Waals surface area contributed by atoms with E-state index >= 15 is 0 Å². The molecule has 0 spiro atoms. The van der Waals surface area contributed by atoms with Crippen LogP contribution >= 0.6 is 11.3 Å². The van der Waals surface area contributed by atoms with Crippen LogP contribution in [-0.4, -0.2) is 52.5 Å². The zero-order chi connectivity index (χ0) is 21.0. The molecular formula is C19H23N5O4S. The summed E-state index contributed by atoms with van der Waals surface area (Å²) >= 11 is 1.24. The Morgan fingerprint density at radius 3 is 2.59 bits per heavy atom. The van der Waals surface area contributed by atoms with Crippen LogP contribution in [0.1, 0.15) is 35.6 Å². The fourth-order valence-corrected chi connectivity index (χ4v) is 3.72. The minimum Gasteiger partial charge on any atom is -0.377 e. The van der Waals surface area contributed by atoms with Gasteiger partial charge in [0.2, 0.25) is 16.9 Å². The van der Waals surface area contributed by atoms with Gasteiger partial charge in [0.1, 0.15) is 11.6 Å². The summed E-state index contributed by atoms with van der Waals surface area (Å²) in [7, 11) is 1.56. The number of aromatic nitrogens is 2. The van der Waals surface area contributed by atoms with Crippen molar-refractivity contribution in [1.82, 2.24) is 15.1 Å². The van der Waals surface area contributed by atoms with Gasteiger partial charge in [0.25, 0.3) is 5.91 Å². The SMILES string of the molecule is COCc1nnc(NC(=O)c2ccc(NC(=O)C3CC(=O)N(C(C)C)C3)cc2)s1.